The van der Waals surface area contributed by atoms with E-state index in [1.54, 1.807) is 0 Å². The van der Waals surface area contributed by atoms with Crippen molar-refractivity contribution in [1.82, 2.24) is 19.7 Å². The van der Waals surface area contributed by atoms with Crippen LogP contribution in [0.25, 0.3) is 0 Å². The number of carbonyl (C=O) groups is 3. The Hall–Kier alpha value is -2.66. The van der Waals surface area contributed by atoms with Crippen molar-refractivity contribution in [2.45, 2.75) is 83.5 Å². The van der Waals surface area contributed by atoms with Crippen molar-refractivity contribution in [3.8, 4) is 0 Å². The Kier molecular flexibility index (Phi) is 8.85. The van der Waals surface area contributed by atoms with Crippen molar-refractivity contribution in [2.24, 2.45) is 11.3 Å². The van der Waals surface area contributed by atoms with Crippen LogP contribution in [0.2, 0.25) is 10.0 Å². The summed E-state index contributed by atoms with van der Waals surface area (Å²) in [6.45, 7) is 3.52. The molecule has 2 aliphatic rings. The highest BCUT2D eigenvalue weighted by Crippen LogP contribution is 2.41. The first-order valence-electron chi connectivity index (χ1n) is 13.2. The third-order valence-electron chi connectivity index (χ3n) is 8.01. The largest absolute Gasteiger partial charge is 0.481 e. The average Bonchev–Trinajstić information content (AvgIpc) is 3.32. The summed E-state index contributed by atoms with van der Waals surface area (Å²) in [6.07, 6.45) is 1.92. The monoisotopic (exact) mass is 602 g/mol. The maximum atomic E-state index is 14.5. The van der Waals surface area contributed by atoms with Gasteiger partial charge in [-0.25, -0.2) is 0 Å². The number of Topliss-reactive ketones (excluding diaryl/α,β-unsaturated/α-hetero) is 1. The fourth-order valence-corrected chi connectivity index (χ4v) is 6.58. The Labute approximate surface area is 239 Å². The van der Waals surface area contributed by atoms with Crippen LogP contribution >= 0.6 is 23.2 Å². The van der Waals surface area contributed by atoms with Gasteiger partial charge in [0.05, 0.1) is 45.9 Å². The standard InChI is InChI=1S/C27H31Cl2F3N4O4/c1-26(2)9-3-4-17(10-26)35(14-21(37)22-19(28)12-33-13-20(22)29)24(38)18-11-34-36(23(18)27(30,31)32)16-7-5-15(6-8-16)25(39)40/h11-13,15-17H,3-10,14H2,1-2H3,(H,39,40). The highest BCUT2D eigenvalue weighted by molar-refractivity contribution is 6.39. The minimum atomic E-state index is -4.91. The molecule has 1 amide bonds. The number of aromatic nitrogens is 3. The van der Waals surface area contributed by atoms with Gasteiger partial charge in [-0.05, 0) is 50.4 Å². The highest BCUT2D eigenvalue weighted by Gasteiger charge is 2.45. The molecule has 1 atom stereocenters. The van der Waals surface area contributed by atoms with Crippen LogP contribution in [-0.4, -0.2) is 55.0 Å². The number of rotatable bonds is 7. The zero-order chi connectivity index (χ0) is 29.4. The predicted octanol–water partition coefficient (Wildman–Crippen LogP) is 6.71. The quantitative estimate of drug-likeness (QED) is 0.353. The Balaban J connectivity index is 1.71. The number of aliphatic carboxylic acids is 1. The van der Waals surface area contributed by atoms with Gasteiger partial charge in [-0.1, -0.05) is 43.5 Å². The molecule has 0 aliphatic heterocycles. The zero-order valence-electron chi connectivity index (χ0n) is 22.2. The molecule has 2 aromatic heterocycles. The number of nitrogens with zero attached hydrogens (tertiary/aromatic N) is 4. The van der Waals surface area contributed by atoms with Gasteiger partial charge in [0.15, 0.2) is 11.5 Å². The first kappa shape index (κ1) is 30.3. The molecule has 1 unspecified atom stereocenters. The fraction of sp³-hybridized carbons (Fsp3) is 0.593. The molecule has 0 radical (unpaired) electrons. The van der Waals surface area contributed by atoms with Crippen molar-refractivity contribution in [2.75, 3.05) is 6.54 Å². The Morgan fingerprint density at radius 2 is 1.70 bits per heavy atom. The van der Waals surface area contributed by atoms with Crippen LogP contribution < -0.4 is 0 Å². The molecule has 2 heterocycles. The third-order valence-corrected chi connectivity index (χ3v) is 8.59. The van der Waals surface area contributed by atoms with Crippen molar-refractivity contribution in [3.63, 3.8) is 0 Å². The van der Waals surface area contributed by atoms with Crippen LogP contribution in [0.3, 0.4) is 0 Å². The highest BCUT2D eigenvalue weighted by atomic mass is 35.5. The van der Waals surface area contributed by atoms with Crippen LogP contribution in [-0.2, 0) is 11.0 Å². The zero-order valence-corrected chi connectivity index (χ0v) is 23.7. The summed E-state index contributed by atoms with van der Waals surface area (Å²) in [6, 6.07) is -1.19. The molecule has 4 rings (SSSR count). The average molecular weight is 603 g/mol. The van der Waals surface area contributed by atoms with Crippen molar-refractivity contribution < 1.29 is 32.7 Å². The molecule has 8 nitrogen and oxygen atoms in total. The second-order valence-electron chi connectivity index (χ2n) is 11.4. The fourth-order valence-electron chi connectivity index (χ4n) is 6.00. The van der Waals surface area contributed by atoms with E-state index in [9.17, 15) is 32.7 Å². The maximum absolute atomic E-state index is 14.5. The van der Waals surface area contributed by atoms with E-state index in [4.69, 9.17) is 23.2 Å². The molecule has 0 saturated heterocycles. The molecule has 2 fully saturated rings. The molecule has 218 valence electrons. The van der Waals surface area contributed by atoms with Crippen LogP contribution in [0.4, 0.5) is 13.2 Å². The van der Waals surface area contributed by atoms with Crippen LogP contribution in [0.5, 0.6) is 0 Å². The number of halogens is 5. The second-order valence-corrected chi connectivity index (χ2v) is 12.3. The van der Waals surface area contributed by atoms with Gasteiger partial charge in [-0.15, -0.1) is 0 Å². The molecule has 13 heteroatoms. The molecule has 40 heavy (non-hydrogen) atoms. The van der Waals surface area contributed by atoms with Crippen LogP contribution in [0, 0.1) is 11.3 Å². The smallest absolute Gasteiger partial charge is 0.433 e. The number of carbonyl (C=O) groups excluding carboxylic acids is 2. The second kappa shape index (κ2) is 11.7. The van der Waals surface area contributed by atoms with Gasteiger partial charge in [0, 0.05) is 18.4 Å². The summed E-state index contributed by atoms with van der Waals surface area (Å²) in [4.78, 5) is 43.7. The number of carboxylic acid groups (broad SMARTS) is 1. The van der Waals surface area contributed by atoms with E-state index in [1.165, 1.54) is 17.3 Å². The lowest BCUT2D eigenvalue weighted by Crippen LogP contribution is -2.47. The minimum Gasteiger partial charge on any atom is -0.481 e. The van der Waals surface area contributed by atoms with Gasteiger partial charge in [0.1, 0.15) is 0 Å². The Morgan fingerprint density at radius 1 is 1.07 bits per heavy atom. The lowest BCUT2D eigenvalue weighted by Gasteiger charge is -2.41. The Bertz CT molecular complexity index is 1270. The van der Waals surface area contributed by atoms with Gasteiger partial charge in [0.25, 0.3) is 5.91 Å². The van der Waals surface area contributed by atoms with Gasteiger partial charge < -0.3 is 10.0 Å². The number of amides is 1. The van der Waals surface area contributed by atoms with E-state index in [1.807, 2.05) is 13.8 Å². The summed E-state index contributed by atoms with van der Waals surface area (Å²) in [5.74, 6) is -3.15. The molecule has 2 aromatic rings. The summed E-state index contributed by atoms with van der Waals surface area (Å²) >= 11 is 12.3. The van der Waals surface area contributed by atoms with Crippen LogP contribution in [0.15, 0.2) is 18.6 Å². The number of pyridine rings is 1. The molecular formula is C27H31Cl2F3N4O4. The first-order chi connectivity index (χ1) is 18.7. The van der Waals surface area contributed by atoms with Gasteiger partial charge in [-0.3, -0.25) is 24.0 Å². The van der Waals surface area contributed by atoms with Crippen molar-refractivity contribution in [3.05, 3.63) is 45.5 Å². The van der Waals surface area contributed by atoms with Crippen LogP contribution in [0.1, 0.15) is 97.7 Å². The Morgan fingerprint density at radius 3 is 2.25 bits per heavy atom. The van der Waals surface area contributed by atoms with E-state index >= 15 is 0 Å². The molecule has 1 N–H and O–H groups in total. The van der Waals surface area contributed by atoms with E-state index < -0.39 is 59.6 Å². The van der Waals surface area contributed by atoms with Gasteiger partial charge in [-0.2, -0.15) is 18.3 Å². The molecular weight excluding hydrogens is 572 g/mol. The first-order valence-corrected chi connectivity index (χ1v) is 14.0. The van der Waals surface area contributed by atoms with E-state index in [2.05, 4.69) is 10.1 Å². The maximum Gasteiger partial charge on any atom is 0.433 e. The molecule has 2 saturated carbocycles. The molecule has 0 aromatic carbocycles. The predicted molar refractivity (Wildman–Crippen MR) is 142 cm³/mol. The van der Waals surface area contributed by atoms with E-state index in [0.29, 0.717) is 12.8 Å². The third kappa shape index (κ3) is 6.46. The summed E-state index contributed by atoms with van der Waals surface area (Å²) in [5, 5.41) is 13.2. The van der Waals surface area contributed by atoms with Crippen molar-refractivity contribution >= 4 is 40.9 Å². The number of carboxylic acids is 1. The lowest BCUT2D eigenvalue weighted by molar-refractivity contribution is -0.147. The van der Waals surface area contributed by atoms with Gasteiger partial charge in [0.2, 0.25) is 0 Å². The van der Waals surface area contributed by atoms with Crippen molar-refractivity contribution in [1.29, 1.82) is 0 Å². The van der Waals surface area contributed by atoms with E-state index in [-0.39, 0.29) is 46.7 Å². The molecule has 0 spiro atoms. The number of hydrogen-bond acceptors (Lipinski definition) is 5. The number of alkyl halides is 3. The topological polar surface area (TPSA) is 105 Å². The normalized spacial score (nSPS) is 23.0. The number of ketones is 1. The summed E-state index contributed by atoms with van der Waals surface area (Å²) < 4.78 is 44.3. The van der Waals surface area contributed by atoms with Gasteiger partial charge >= 0.3 is 12.1 Å². The number of hydrogen-bond donors (Lipinski definition) is 1. The SMILES string of the molecule is CC1(C)CCCC(N(CC(=O)c2c(Cl)cncc2Cl)C(=O)c2cnn(C3CCC(C(=O)O)CC3)c2C(F)(F)F)C1. The molecule has 2 aliphatic carbocycles. The van der Waals surface area contributed by atoms with E-state index in [0.717, 1.165) is 23.7 Å². The lowest BCUT2D eigenvalue weighted by atomic mass is 9.74. The minimum absolute atomic E-state index is 0.0189. The molecule has 0 bridgehead atoms. The summed E-state index contributed by atoms with van der Waals surface area (Å²) in [7, 11) is 0. The summed E-state index contributed by atoms with van der Waals surface area (Å²) in [5.41, 5.74) is -2.07.